The molecule has 0 saturated carbocycles. The number of aromatic amines is 1. The Hall–Kier alpha value is -1.54. The van der Waals surface area contributed by atoms with Gasteiger partial charge in [-0.2, -0.15) is 0 Å². The van der Waals surface area contributed by atoms with E-state index in [-0.39, 0.29) is 0 Å². The molecule has 0 aliphatic carbocycles. The zero-order valence-corrected chi connectivity index (χ0v) is 9.66. The van der Waals surface area contributed by atoms with Crippen LogP contribution in [0.1, 0.15) is 18.9 Å². The lowest BCUT2D eigenvalue weighted by atomic mass is 10.1. The van der Waals surface area contributed by atoms with Gasteiger partial charge in [0.1, 0.15) is 0 Å². The standard InChI is InChI=1S/C14H18N2/c1-3-4-11(2)16-10-12-5-6-13-7-8-15-14(13)9-12/h3,5-9,11,15-16H,1,4,10H2,2H3. The lowest BCUT2D eigenvalue weighted by Gasteiger charge is -2.11. The molecular formula is C14H18N2. The van der Waals surface area contributed by atoms with Crippen molar-refractivity contribution in [3.8, 4) is 0 Å². The molecule has 0 spiro atoms. The number of hydrogen-bond donors (Lipinski definition) is 2. The molecule has 0 bridgehead atoms. The lowest BCUT2D eigenvalue weighted by molar-refractivity contribution is 0.554. The Bertz CT molecular complexity index is 470. The van der Waals surface area contributed by atoms with E-state index in [2.05, 4.69) is 48.1 Å². The van der Waals surface area contributed by atoms with Crippen LogP contribution in [0.15, 0.2) is 43.1 Å². The third-order valence-corrected chi connectivity index (χ3v) is 2.79. The molecule has 0 radical (unpaired) electrons. The second kappa shape index (κ2) is 4.99. The zero-order valence-electron chi connectivity index (χ0n) is 9.66. The summed E-state index contributed by atoms with van der Waals surface area (Å²) < 4.78 is 0. The van der Waals surface area contributed by atoms with E-state index in [0.717, 1.165) is 13.0 Å². The van der Waals surface area contributed by atoms with E-state index in [1.165, 1.54) is 16.5 Å². The van der Waals surface area contributed by atoms with E-state index in [1.54, 1.807) is 0 Å². The summed E-state index contributed by atoms with van der Waals surface area (Å²) in [5.41, 5.74) is 2.52. The largest absolute Gasteiger partial charge is 0.361 e. The fraction of sp³-hybridized carbons (Fsp3) is 0.286. The maximum Gasteiger partial charge on any atom is 0.0457 e. The van der Waals surface area contributed by atoms with Gasteiger partial charge < -0.3 is 10.3 Å². The predicted molar refractivity (Wildman–Crippen MR) is 69.4 cm³/mol. The molecule has 0 saturated heterocycles. The maximum absolute atomic E-state index is 3.74. The van der Waals surface area contributed by atoms with Crippen molar-refractivity contribution in [3.63, 3.8) is 0 Å². The quantitative estimate of drug-likeness (QED) is 0.735. The summed E-state index contributed by atoms with van der Waals surface area (Å²) in [6.45, 7) is 6.83. The maximum atomic E-state index is 3.74. The Balaban J connectivity index is 2.01. The number of fused-ring (bicyclic) bond motifs is 1. The minimum atomic E-state index is 0.483. The number of H-pyrrole nitrogens is 1. The average molecular weight is 214 g/mol. The molecule has 1 atom stereocenters. The molecule has 0 amide bonds. The van der Waals surface area contributed by atoms with Gasteiger partial charge in [-0.1, -0.05) is 18.2 Å². The summed E-state index contributed by atoms with van der Waals surface area (Å²) in [6, 6.07) is 9.09. The molecule has 2 nitrogen and oxygen atoms in total. The molecular weight excluding hydrogens is 196 g/mol. The van der Waals surface area contributed by atoms with Crippen LogP contribution in [-0.4, -0.2) is 11.0 Å². The molecule has 2 rings (SSSR count). The molecule has 1 unspecified atom stereocenters. The van der Waals surface area contributed by atoms with Crippen LogP contribution >= 0.6 is 0 Å². The Morgan fingerprint density at radius 1 is 1.44 bits per heavy atom. The highest BCUT2D eigenvalue weighted by Crippen LogP contribution is 2.14. The highest BCUT2D eigenvalue weighted by atomic mass is 14.9. The van der Waals surface area contributed by atoms with Crippen LogP contribution in [0.5, 0.6) is 0 Å². The summed E-state index contributed by atoms with van der Waals surface area (Å²) in [5.74, 6) is 0. The van der Waals surface area contributed by atoms with Crippen molar-refractivity contribution in [3.05, 3.63) is 48.7 Å². The van der Waals surface area contributed by atoms with Crippen LogP contribution in [0.25, 0.3) is 10.9 Å². The van der Waals surface area contributed by atoms with Crippen molar-refractivity contribution >= 4 is 10.9 Å². The Kier molecular flexibility index (Phi) is 3.42. The van der Waals surface area contributed by atoms with Gasteiger partial charge >= 0.3 is 0 Å². The minimum Gasteiger partial charge on any atom is -0.361 e. The normalized spacial score (nSPS) is 12.8. The molecule has 16 heavy (non-hydrogen) atoms. The van der Waals surface area contributed by atoms with Crippen LogP contribution in [-0.2, 0) is 6.54 Å². The Labute approximate surface area is 96.4 Å². The van der Waals surface area contributed by atoms with E-state index < -0.39 is 0 Å². The van der Waals surface area contributed by atoms with Crippen LogP contribution in [0, 0.1) is 0 Å². The molecule has 0 aliphatic heterocycles. The van der Waals surface area contributed by atoms with Gasteiger partial charge in [-0.25, -0.2) is 0 Å². The fourth-order valence-electron chi connectivity index (χ4n) is 1.83. The third kappa shape index (κ3) is 2.52. The van der Waals surface area contributed by atoms with Gasteiger partial charge in [0, 0.05) is 24.3 Å². The molecule has 84 valence electrons. The van der Waals surface area contributed by atoms with Crippen molar-refractivity contribution in [2.24, 2.45) is 0 Å². The number of hydrogen-bond acceptors (Lipinski definition) is 1. The number of aromatic nitrogens is 1. The van der Waals surface area contributed by atoms with Gasteiger partial charge in [0.2, 0.25) is 0 Å². The van der Waals surface area contributed by atoms with Crippen LogP contribution in [0.2, 0.25) is 0 Å². The summed E-state index contributed by atoms with van der Waals surface area (Å²) in [7, 11) is 0. The van der Waals surface area contributed by atoms with Crippen LogP contribution in [0.3, 0.4) is 0 Å². The second-order valence-electron chi connectivity index (χ2n) is 4.21. The van der Waals surface area contributed by atoms with Crippen molar-refractivity contribution in [1.82, 2.24) is 10.3 Å². The van der Waals surface area contributed by atoms with Gasteiger partial charge in [0.15, 0.2) is 0 Å². The van der Waals surface area contributed by atoms with Gasteiger partial charge in [-0.15, -0.1) is 6.58 Å². The minimum absolute atomic E-state index is 0.483. The summed E-state index contributed by atoms with van der Waals surface area (Å²) >= 11 is 0. The first kappa shape index (κ1) is 11.0. The van der Waals surface area contributed by atoms with Gasteiger partial charge in [-0.3, -0.25) is 0 Å². The van der Waals surface area contributed by atoms with E-state index >= 15 is 0 Å². The van der Waals surface area contributed by atoms with Crippen molar-refractivity contribution in [2.45, 2.75) is 25.9 Å². The van der Waals surface area contributed by atoms with E-state index in [1.807, 2.05) is 12.3 Å². The fourth-order valence-corrected chi connectivity index (χ4v) is 1.83. The molecule has 1 aromatic heterocycles. The van der Waals surface area contributed by atoms with Crippen molar-refractivity contribution < 1.29 is 0 Å². The summed E-state index contributed by atoms with van der Waals surface area (Å²) in [6.07, 6.45) is 4.93. The summed E-state index contributed by atoms with van der Waals surface area (Å²) in [4.78, 5) is 3.23. The third-order valence-electron chi connectivity index (χ3n) is 2.79. The lowest BCUT2D eigenvalue weighted by Crippen LogP contribution is -2.24. The smallest absolute Gasteiger partial charge is 0.0457 e. The molecule has 2 heteroatoms. The number of rotatable bonds is 5. The van der Waals surface area contributed by atoms with E-state index in [9.17, 15) is 0 Å². The van der Waals surface area contributed by atoms with Crippen LogP contribution < -0.4 is 5.32 Å². The molecule has 1 aromatic carbocycles. The first-order valence-electron chi connectivity index (χ1n) is 5.70. The monoisotopic (exact) mass is 214 g/mol. The summed E-state index contributed by atoms with van der Waals surface area (Å²) in [5, 5.41) is 4.74. The molecule has 0 fully saturated rings. The van der Waals surface area contributed by atoms with E-state index in [4.69, 9.17) is 0 Å². The topological polar surface area (TPSA) is 27.8 Å². The Morgan fingerprint density at radius 3 is 3.12 bits per heavy atom. The average Bonchev–Trinajstić information content (AvgIpc) is 2.74. The first-order valence-corrected chi connectivity index (χ1v) is 5.70. The number of benzene rings is 1. The first-order chi connectivity index (χ1) is 7.79. The Morgan fingerprint density at radius 2 is 2.31 bits per heavy atom. The number of nitrogens with one attached hydrogen (secondary N) is 2. The van der Waals surface area contributed by atoms with Crippen LogP contribution in [0.4, 0.5) is 0 Å². The molecule has 2 N–H and O–H groups in total. The van der Waals surface area contributed by atoms with Gasteiger partial charge in [0.25, 0.3) is 0 Å². The van der Waals surface area contributed by atoms with Crippen molar-refractivity contribution in [1.29, 1.82) is 0 Å². The predicted octanol–water partition coefficient (Wildman–Crippen LogP) is 3.22. The highest BCUT2D eigenvalue weighted by molar-refractivity contribution is 5.79. The van der Waals surface area contributed by atoms with Crippen molar-refractivity contribution in [2.75, 3.05) is 0 Å². The van der Waals surface area contributed by atoms with Gasteiger partial charge in [0.05, 0.1) is 0 Å². The SMILES string of the molecule is C=CCC(C)NCc1ccc2cc[nH]c2c1. The zero-order chi connectivity index (χ0) is 11.4. The molecule has 1 heterocycles. The highest BCUT2D eigenvalue weighted by Gasteiger charge is 2.00. The second-order valence-corrected chi connectivity index (χ2v) is 4.21. The van der Waals surface area contributed by atoms with Gasteiger partial charge in [-0.05, 0) is 36.4 Å². The van der Waals surface area contributed by atoms with E-state index in [0.29, 0.717) is 6.04 Å². The molecule has 2 aromatic rings. The molecule has 0 aliphatic rings.